The van der Waals surface area contributed by atoms with Crippen molar-refractivity contribution in [3.05, 3.63) is 0 Å². The average Bonchev–Trinajstić information content (AvgIpc) is 2.51. The Morgan fingerprint density at radius 3 is 2.22 bits per heavy atom. The summed E-state index contributed by atoms with van der Waals surface area (Å²) in [5.74, 6) is 1.46. The molecule has 1 aliphatic heterocycles. The molecule has 0 radical (unpaired) electrons. The van der Waals surface area contributed by atoms with Crippen LogP contribution in [-0.2, 0) is 9.47 Å². The molecule has 0 unspecified atom stereocenters. The molecule has 2 aliphatic rings. The Morgan fingerprint density at radius 2 is 1.67 bits per heavy atom. The standard InChI is InChI=1S/C6H9BrO2/c7-6-4-1-8-3-9-2-5(4)6/h4-6H,1-3H2/t4-,5+,6+. The Morgan fingerprint density at radius 1 is 1.11 bits per heavy atom. The zero-order valence-electron chi connectivity index (χ0n) is 5.05. The summed E-state index contributed by atoms with van der Waals surface area (Å²) in [6.07, 6.45) is 0. The summed E-state index contributed by atoms with van der Waals surface area (Å²) in [5, 5.41) is 0. The molecule has 0 aromatic heterocycles. The number of rotatable bonds is 0. The second-order valence-electron chi connectivity index (χ2n) is 2.63. The third kappa shape index (κ3) is 1.02. The van der Waals surface area contributed by atoms with Gasteiger partial charge in [-0.1, -0.05) is 15.9 Å². The van der Waals surface area contributed by atoms with Gasteiger partial charge in [-0.15, -0.1) is 0 Å². The van der Waals surface area contributed by atoms with E-state index in [0.717, 1.165) is 25.0 Å². The summed E-state index contributed by atoms with van der Waals surface area (Å²) in [6.45, 7) is 2.24. The van der Waals surface area contributed by atoms with Crippen LogP contribution in [0.5, 0.6) is 0 Å². The predicted molar refractivity (Wildman–Crippen MR) is 36.5 cm³/mol. The van der Waals surface area contributed by atoms with E-state index in [2.05, 4.69) is 15.9 Å². The van der Waals surface area contributed by atoms with Crippen molar-refractivity contribution in [3.8, 4) is 0 Å². The minimum Gasteiger partial charge on any atom is -0.355 e. The van der Waals surface area contributed by atoms with E-state index in [1.807, 2.05) is 0 Å². The number of fused-ring (bicyclic) bond motifs is 1. The van der Waals surface area contributed by atoms with Crippen LogP contribution in [0.15, 0.2) is 0 Å². The quantitative estimate of drug-likeness (QED) is 0.534. The first-order chi connectivity index (χ1) is 4.39. The van der Waals surface area contributed by atoms with E-state index < -0.39 is 0 Å². The van der Waals surface area contributed by atoms with Gasteiger partial charge in [-0.2, -0.15) is 0 Å². The van der Waals surface area contributed by atoms with Crippen molar-refractivity contribution in [2.24, 2.45) is 11.8 Å². The normalized spacial score (nSPS) is 49.7. The molecule has 0 spiro atoms. The first-order valence-electron chi connectivity index (χ1n) is 3.19. The van der Waals surface area contributed by atoms with Crippen LogP contribution in [0, 0.1) is 11.8 Å². The molecular weight excluding hydrogens is 184 g/mol. The lowest BCUT2D eigenvalue weighted by atomic mass is 10.3. The van der Waals surface area contributed by atoms with Gasteiger partial charge in [0.05, 0.1) is 13.2 Å². The maximum atomic E-state index is 5.17. The van der Waals surface area contributed by atoms with E-state index in [1.54, 1.807) is 0 Å². The lowest BCUT2D eigenvalue weighted by molar-refractivity contribution is -0.0415. The minimum absolute atomic E-state index is 0.493. The molecule has 2 nitrogen and oxygen atoms in total. The second kappa shape index (κ2) is 2.22. The molecule has 3 heteroatoms. The van der Waals surface area contributed by atoms with Crippen LogP contribution in [0.25, 0.3) is 0 Å². The lowest BCUT2D eigenvalue weighted by Crippen LogP contribution is -2.01. The van der Waals surface area contributed by atoms with Gasteiger partial charge in [-0.25, -0.2) is 0 Å². The summed E-state index contributed by atoms with van der Waals surface area (Å²) >= 11 is 3.55. The van der Waals surface area contributed by atoms with Crippen molar-refractivity contribution in [1.82, 2.24) is 0 Å². The van der Waals surface area contributed by atoms with Gasteiger partial charge >= 0.3 is 0 Å². The fraction of sp³-hybridized carbons (Fsp3) is 1.00. The van der Waals surface area contributed by atoms with Crippen LogP contribution in [0.4, 0.5) is 0 Å². The average molecular weight is 193 g/mol. The number of ether oxygens (including phenoxy) is 2. The van der Waals surface area contributed by atoms with Crippen molar-refractivity contribution in [2.75, 3.05) is 20.0 Å². The molecule has 52 valence electrons. The smallest absolute Gasteiger partial charge is 0.146 e. The molecule has 9 heavy (non-hydrogen) atoms. The Kier molecular flexibility index (Phi) is 1.51. The SMILES string of the molecule is Br[C@@H]1[C@H]2COCOC[C@@H]12. The van der Waals surface area contributed by atoms with Gasteiger partial charge < -0.3 is 9.47 Å². The fourth-order valence-electron chi connectivity index (χ4n) is 1.26. The van der Waals surface area contributed by atoms with Crippen LogP contribution in [0.2, 0.25) is 0 Å². The largest absolute Gasteiger partial charge is 0.355 e. The molecule has 0 N–H and O–H groups in total. The summed E-state index contributed by atoms with van der Waals surface area (Å²) in [6, 6.07) is 0. The molecule has 1 aliphatic carbocycles. The minimum atomic E-state index is 0.493. The Hall–Kier alpha value is 0.400. The summed E-state index contributed by atoms with van der Waals surface area (Å²) in [4.78, 5) is 0.665. The highest BCUT2D eigenvalue weighted by Crippen LogP contribution is 2.46. The van der Waals surface area contributed by atoms with E-state index in [0.29, 0.717) is 11.6 Å². The third-order valence-electron chi connectivity index (χ3n) is 2.01. The Balaban J connectivity index is 1.93. The molecule has 0 bridgehead atoms. The van der Waals surface area contributed by atoms with Crippen LogP contribution >= 0.6 is 15.9 Å². The van der Waals surface area contributed by atoms with E-state index in [-0.39, 0.29) is 0 Å². The zero-order valence-corrected chi connectivity index (χ0v) is 6.63. The van der Waals surface area contributed by atoms with Gasteiger partial charge in [0.2, 0.25) is 0 Å². The second-order valence-corrected chi connectivity index (χ2v) is 3.69. The van der Waals surface area contributed by atoms with Gasteiger partial charge in [0.15, 0.2) is 0 Å². The predicted octanol–water partition coefficient (Wildman–Crippen LogP) is 1.00. The topological polar surface area (TPSA) is 18.5 Å². The summed E-state index contributed by atoms with van der Waals surface area (Å²) in [7, 11) is 0. The van der Waals surface area contributed by atoms with Gasteiger partial charge in [0, 0.05) is 16.7 Å². The molecular formula is C6H9BrO2. The van der Waals surface area contributed by atoms with Gasteiger partial charge in [0.25, 0.3) is 0 Å². The molecule has 1 heterocycles. The summed E-state index contributed by atoms with van der Waals surface area (Å²) in [5.41, 5.74) is 0. The summed E-state index contributed by atoms with van der Waals surface area (Å²) < 4.78 is 10.3. The van der Waals surface area contributed by atoms with Gasteiger partial charge in [0.1, 0.15) is 6.79 Å². The molecule has 1 saturated carbocycles. The van der Waals surface area contributed by atoms with Crippen LogP contribution in [-0.4, -0.2) is 24.8 Å². The molecule has 1 saturated heterocycles. The molecule has 0 aromatic carbocycles. The van der Waals surface area contributed by atoms with Crippen molar-refractivity contribution in [1.29, 1.82) is 0 Å². The highest BCUT2D eigenvalue weighted by atomic mass is 79.9. The fourth-order valence-corrected chi connectivity index (χ4v) is 2.17. The number of halogens is 1. The molecule has 3 atom stereocenters. The molecule has 0 amide bonds. The monoisotopic (exact) mass is 192 g/mol. The third-order valence-corrected chi connectivity index (χ3v) is 3.37. The van der Waals surface area contributed by atoms with E-state index >= 15 is 0 Å². The molecule has 0 aromatic rings. The highest BCUT2D eigenvalue weighted by Gasteiger charge is 2.49. The zero-order chi connectivity index (χ0) is 6.27. The van der Waals surface area contributed by atoms with Crippen LogP contribution in [0.1, 0.15) is 0 Å². The number of hydrogen-bond donors (Lipinski definition) is 0. The number of alkyl halides is 1. The van der Waals surface area contributed by atoms with Gasteiger partial charge in [-0.05, 0) is 0 Å². The van der Waals surface area contributed by atoms with E-state index in [1.165, 1.54) is 0 Å². The van der Waals surface area contributed by atoms with Crippen LogP contribution < -0.4 is 0 Å². The van der Waals surface area contributed by atoms with E-state index in [4.69, 9.17) is 9.47 Å². The van der Waals surface area contributed by atoms with Crippen molar-refractivity contribution >= 4 is 15.9 Å². The molecule has 2 rings (SSSR count). The Labute approximate surface area is 62.6 Å². The van der Waals surface area contributed by atoms with E-state index in [9.17, 15) is 0 Å². The lowest BCUT2D eigenvalue weighted by Gasteiger charge is -1.99. The van der Waals surface area contributed by atoms with Crippen molar-refractivity contribution in [2.45, 2.75) is 4.83 Å². The van der Waals surface area contributed by atoms with Crippen molar-refractivity contribution < 1.29 is 9.47 Å². The number of hydrogen-bond acceptors (Lipinski definition) is 2. The van der Waals surface area contributed by atoms with Crippen LogP contribution in [0.3, 0.4) is 0 Å². The Bertz CT molecular complexity index is 106. The maximum Gasteiger partial charge on any atom is 0.146 e. The maximum absolute atomic E-state index is 5.17. The first kappa shape index (κ1) is 6.13. The highest BCUT2D eigenvalue weighted by molar-refractivity contribution is 9.09. The molecule has 2 fully saturated rings. The van der Waals surface area contributed by atoms with Gasteiger partial charge in [-0.3, -0.25) is 0 Å². The first-order valence-corrected chi connectivity index (χ1v) is 4.11. The van der Waals surface area contributed by atoms with Crippen molar-refractivity contribution in [3.63, 3.8) is 0 Å².